The van der Waals surface area contributed by atoms with E-state index < -0.39 is 29.2 Å². The Morgan fingerprint density at radius 3 is 2.21 bits per heavy atom. The Hall–Kier alpha value is -1.92. The lowest BCUT2D eigenvalue weighted by atomic mass is 10.0. The molecule has 0 aromatic heterocycles. The van der Waals surface area contributed by atoms with E-state index in [1.807, 2.05) is 0 Å². The minimum atomic E-state index is -1.68. The van der Waals surface area contributed by atoms with Crippen LogP contribution in [-0.4, -0.2) is 43.3 Å². The van der Waals surface area contributed by atoms with Crippen molar-refractivity contribution in [1.82, 2.24) is 0 Å². The molecule has 0 heterocycles. The third-order valence-corrected chi connectivity index (χ3v) is 1.73. The van der Waals surface area contributed by atoms with Crippen molar-refractivity contribution in [2.24, 2.45) is 11.1 Å². The van der Waals surface area contributed by atoms with Gasteiger partial charge in [0.25, 0.3) is 0 Å². The van der Waals surface area contributed by atoms with Gasteiger partial charge in [-0.25, -0.2) is 0 Å². The first-order valence-electron chi connectivity index (χ1n) is 5.72. The summed E-state index contributed by atoms with van der Waals surface area (Å²) in [6.07, 6.45) is 0.742. The van der Waals surface area contributed by atoms with Gasteiger partial charge in [0.1, 0.15) is 18.9 Å². The summed E-state index contributed by atoms with van der Waals surface area (Å²) < 4.78 is 9.68. The summed E-state index contributed by atoms with van der Waals surface area (Å²) >= 11 is 0. The van der Waals surface area contributed by atoms with E-state index in [2.05, 4.69) is 14.7 Å². The molecule has 0 aromatic rings. The molecule has 0 aliphatic carbocycles. The Labute approximate surface area is 111 Å². The van der Waals surface area contributed by atoms with Crippen LogP contribution in [0.2, 0.25) is 0 Å². The highest BCUT2D eigenvalue weighted by atomic mass is 16.6. The highest BCUT2D eigenvalue weighted by Gasteiger charge is 2.38. The predicted molar refractivity (Wildman–Crippen MR) is 66.5 cm³/mol. The first-order chi connectivity index (χ1) is 8.72. The molecule has 7 heteroatoms. The molecule has 0 bridgehead atoms. The summed E-state index contributed by atoms with van der Waals surface area (Å²) in [7, 11) is 1.23. The third-order valence-electron chi connectivity index (χ3n) is 1.73. The number of Topliss-reactive ketones (excluding diaryl/α,β-unsaturated/α-hetero) is 1. The first kappa shape index (κ1) is 17.1. The molecule has 19 heavy (non-hydrogen) atoms. The maximum Gasteiger partial charge on any atom is 0.329 e. The molecule has 0 spiro atoms. The van der Waals surface area contributed by atoms with E-state index >= 15 is 0 Å². The minimum Gasteiger partial charge on any atom is -0.465 e. The van der Waals surface area contributed by atoms with Crippen molar-refractivity contribution in [3.05, 3.63) is 0 Å². The minimum absolute atomic E-state index is 0.0484. The molecule has 0 radical (unpaired) electrons. The average Bonchev–Trinajstić information content (AvgIpc) is 2.24. The highest BCUT2D eigenvalue weighted by Crippen LogP contribution is 2.13. The van der Waals surface area contributed by atoms with Crippen LogP contribution in [0.5, 0.6) is 0 Å². The van der Waals surface area contributed by atoms with Crippen LogP contribution in [0.1, 0.15) is 27.7 Å². The quantitative estimate of drug-likeness (QED) is 0.306. The van der Waals surface area contributed by atoms with Crippen molar-refractivity contribution in [3.8, 4) is 0 Å². The van der Waals surface area contributed by atoms with Crippen LogP contribution < -0.4 is 0 Å². The number of hydrogen-bond acceptors (Lipinski definition) is 7. The largest absolute Gasteiger partial charge is 0.465 e. The van der Waals surface area contributed by atoms with Crippen LogP contribution in [0.15, 0.2) is 5.16 Å². The molecule has 0 aliphatic heterocycles. The van der Waals surface area contributed by atoms with Gasteiger partial charge in [0.2, 0.25) is 11.7 Å². The highest BCUT2D eigenvalue weighted by molar-refractivity contribution is 6.38. The van der Waals surface area contributed by atoms with Gasteiger partial charge in [-0.3, -0.25) is 14.4 Å². The van der Waals surface area contributed by atoms with Crippen LogP contribution in [0, 0.1) is 5.92 Å². The van der Waals surface area contributed by atoms with Crippen molar-refractivity contribution in [1.29, 1.82) is 0 Å². The van der Waals surface area contributed by atoms with Gasteiger partial charge >= 0.3 is 11.9 Å². The van der Waals surface area contributed by atoms with Crippen LogP contribution in [0.3, 0.4) is 0 Å². The third kappa shape index (κ3) is 6.54. The number of ketones is 1. The van der Waals surface area contributed by atoms with Crippen LogP contribution in [-0.2, 0) is 28.7 Å². The Morgan fingerprint density at radius 1 is 1.21 bits per heavy atom. The second-order valence-electron chi connectivity index (χ2n) is 4.54. The monoisotopic (exact) mass is 273 g/mol. The van der Waals surface area contributed by atoms with Gasteiger partial charge in [-0.2, -0.15) is 0 Å². The molecule has 0 saturated heterocycles. The van der Waals surface area contributed by atoms with E-state index in [4.69, 9.17) is 4.74 Å². The number of carbonyl (C=O) groups is 3. The number of ether oxygens (including phenoxy) is 2. The molecular weight excluding hydrogens is 254 g/mol. The molecule has 0 rings (SSSR count). The van der Waals surface area contributed by atoms with Crippen LogP contribution in [0.25, 0.3) is 0 Å². The predicted octanol–water partition coefficient (Wildman–Crippen LogP) is 0.709. The Morgan fingerprint density at radius 2 is 1.79 bits per heavy atom. The standard InChI is InChI=1S/C12H19NO6/c1-6-18-10(15)9(8(14)7-13-17-5)11(16)19-12(2,3)4/h7,9H,6H2,1-5H3. The van der Waals surface area contributed by atoms with Gasteiger partial charge in [-0.05, 0) is 27.7 Å². The second kappa shape index (κ2) is 7.50. The van der Waals surface area contributed by atoms with Gasteiger partial charge in [-0.1, -0.05) is 5.16 Å². The van der Waals surface area contributed by atoms with Gasteiger partial charge in [0.05, 0.1) is 6.61 Å². The fourth-order valence-corrected chi connectivity index (χ4v) is 1.09. The topological polar surface area (TPSA) is 91.3 Å². The molecule has 108 valence electrons. The van der Waals surface area contributed by atoms with Crippen molar-refractivity contribution >= 4 is 23.9 Å². The molecule has 0 saturated carbocycles. The number of hydrogen-bond donors (Lipinski definition) is 0. The molecule has 7 nitrogen and oxygen atoms in total. The zero-order valence-electron chi connectivity index (χ0n) is 11.8. The summed E-state index contributed by atoms with van der Waals surface area (Å²) in [5, 5.41) is 3.22. The lowest BCUT2D eigenvalue weighted by Gasteiger charge is -2.21. The van der Waals surface area contributed by atoms with Gasteiger partial charge in [-0.15, -0.1) is 0 Å². The number of esters is 2. The normalized spacial score (nSPS) is 12.9. The van der Waals surface area contributed by atoms with E-state index in [9.17, 15) is 14.4 Å². The first-order valence-corrected chi connectivity index (χ1v) is 5.72. The molecule has 1 unspecified atom stereocenters. The van der Waals surface area contributed by atoms with E-state index in [0.29, 0.717) is 0 Å². The molecule has 0 aliphatic rings. The smallest absolute Gasteiger partial charge is 0.329 e. The van der Waals surface area contributed by atoms with Crippen molar-refractivity contribution in [3.63, 3.8) is 0 Å². The number of carbonyl (C=O) groups excluding carboxylic acids is 3. The summed E-state index contributed by atoms with van der Waals surface area (Å²) in [4.78, 5) is 39.5. The SMILES string of the molecule is CCOC(=O)C(C(=O)C=NOC)C(=O)OC(C)(C)C. The van der Waals surface area contributed by atoms with Crippen molar-refractivity contribution in [2.45, 2.75) is 33.3 Å². The van der Waals surface area contributed by atoms with E-state index in [-0.39, 0.29) is 6.61 Å². The van der Waals surface area contributed by atoms with E-state index in [1.54, 1.807) is 27.7 Å². The fourth-order valence-electron chi connectivity index (χ4n) is 1.09. The Bertz CT molecular complexity index is 369. The summed E-state index contributed by atoms with van der Waals surface area (Å²) in [5.74, 6) is -4.48. The van der Waals surface area contributed by atoms with E-state index in [0.717, 1.165) is 6.21 Å². The van der Waals surface area contributed by atoms with E-state index in [1.165, 1.54) is 7.11 Å². The van der Waals surface area contributed by atoms with Crippen LogP contribution in [0.4, 0.5) is 0 Å². The average molecular weight is 273 g/mol. The molecule has 0 fully saturated rings. The summed E-state index contributed by atoms with van der Waals surface area (Å²) in [6.45, 7) is 6.49. The van der Waals surface area contributed by atoms with Crippen molar-refractivity contribution in [2.75, 3.05) is 13.7 Å². The number of rotatable bonds is 6. The molecular formula is C12H19NO6. The molecule has 0 N–H and O–H groups in total. The summed E-state index contributed by atoms with van der Waals surface area (Å²) in [6, 6.07) is 0. The fraction of sp³-hybridized carbons (Fsp3) is 0.667. The maximum atomic E-state index is 11.8. The number of oxime groups is 1. The van der Waals surface area contributed by atoms with Crippen LogP contribution >= 0.6 is 0 Å². The van der Waals surface area contributed by atoms with Gasteiger partial charge in [0, 0.05) is 0 Å². The zero-order chi connectivity index (χ0) is 15.1. The van der Waals surface area contributed by atoms with Gasteiger partial charge in [0.15, 0.2) is 0 Å². The zero-order valence-corrected chi connectivity index (χ0v) is 11.8. The molecule has 1 atom stereocenters. The summed E-state index contributed by atoms with van der Waals surface area (Å²) in [5.41, 5.74) is -0.819. The Kier molecular flexibility index (Phi) is 6.74. The lowest BCUT2D eigenvalue weighted by Crippen LogP contribution is -2.39. The Balaban J connectivity index is 5.06. The molecule has 0 aromatic carbocycles. The van der Waals surface area contributed by atoms with Gasteiger partial charge < -0.3 is 14.3 Å². The maximum absolute atomic E-state index is 11.8. The molecule has 0 amide bonds. The number of nitrogens with zero attached hydrogens (tertiary/aromatic N) is 1. The van der Waals surface area contributed by atoms with Crippen molar-refractivity contribution < 1.29 is 28.7 Å². The lowest BCUT2D eigenvalue weighted by molar-refractivity contribution is -0.169. The second-order valence-corrected chi connectivity index (χ2v) is 4.54.